The third-order valence-electron chi connectivity index (χ3n) is 3.53. The molecule has 1 saturated heterocycles. The Labute approximate surface area is 126 Å². The number of carboxylic acid groups (broad SMARTS) is 1. The molecule has 7 heteroatoms. The zero-order chi connectivity index (χ0) is 15.0. The quantitative estimate of drug-likeness (QED) is 0.937. The van der Waals surface area contributed by atoms with Gasteiger partial charge < -0.3 is 5.11 Å². The van der Waals surface area contributed by atoms with Crippen LogP contribution in [0.15, 0.2) is 29.6 Å². The first-order valence-electron chi connectivity index (χ1n) is 6.44. The normalized spacial score (nSPS) is 20.5. The van der Waals surface area contributed by atoms with E-state index in [1.54, 1.807) is 18.2 Å². The molecule has 1 aliphatic heterocycles. The molecular weight excluding hydrogens is 310 g/mol. The first-order valence-corrected chi connectivity index (χ1v) is 9.14. The molecule has 0 aliphatic carbocycles. The molecule has 5 nitrogen and oxygen atoms in total. The van der Waals surface area contributed by atoms with Crippen molar-refractivity contribution in [2.24, 2.45) is 0 Å². The maximum atomic E-state index is 11.5. The van der Waals surface area contributed by atoms with Crippen LogP contribution in [0.25, 0.3) is 10.6 Å². The summed E-state index contributed by atoms with van der Waals surface area (Å²) in [4.78, 5) is 15.5. The van der Waals surface area contributed by atoms with Gasteiger partial charge in [-0.1, -0.05) is 12.1 Å². The first kappa shape index (κ1) is 14.2. The average molecular weight is 323 g/mol. The molecule has 0 saturated carbocycles. The number of aromatic nitrogens is 1. The molecule has 1 aromatic carbocycles. The van der Waals surface area contributed by atoms with E-state index >= 15 is 0 Å². The van der Waals surface area contributed by atoms with Crippen molar-refractivity contribution < 1.29 is 18.3 Å². The van der Waals surface area contributed by atoms with Gasteiger partial charge in [-0.15, -0.1) is 11.3 Å². The largest absolute Gasteiger partial charge is 0.478 e. The topological polar surface area (TPSA) is 84.3 Å². The van der Waals surface area contributed by atoms with E-state index in [2.05, 4.69) is 4.98 Å². The second-order valence-electron chi connectivity index (χ2n) is 5.06. The monoisotopic (exact) mass is 323 g/mol. The minimum Gasteiger partial charge on any atom is -0.478 e. The summed E-state index contributed by atoms with van der Waals surface area (Å²) in [6.07, 6.45) is 0.612. The zero-order valence-electron chi connectivity index (χ0n) is 11.0. The fourth-order valence-electron chi connectivity index (χ4n) is 2.42. The highest BCUT2D eigenvalue weighted by Crippen LogP contribution is 2.32. The first-order chi connectivity index (χ1) is 9.94. The van der Waals surface area contributed by atoms with Crippen LogP contribution in [0.2, 0.25) is 0 Å². The Hall–Kier alpha value is -1.73. The lowest BCUT2D eigenvalue weighted by Gasteiger charge is -2.02. The molecule has 1 fully saturated rings. The van der Waals surface area contributed by atoms with Gasteiger partial charge in [0, 0.05) is 16.9 Å². The Morgan fingerprint density at radius 1 is 1.38 bits per heavy atom. The molecule has 3 rings (SSSR count). The second kappa shape index (κ2) is 5.23. The van der Waals surface area contributed by atoms with Crippen LogP contribution in [0.5, 0.6) is 0 Å². The smallest absolute Gasteiger partial charge is 0.335 e. The minimum absolute atomic E-state index is 0.0392. The molecule has 1 N–H and O–H groups in total. The predicted octanol–water partition coefficient (Wildman–Crippen LogP) is 2.41. The van der Waals surface area contributed by atoms with Crippen molar-refractivity contribution in [1.29, 1.82) is 0 Å². The van der Waals surface area contributed by atoms with E-state index in [1.807, 2.05) is 5.38 Å². The third-order valence-corrected chi connectivity index (χ3v) is 6.21. The number of hydrogen-bond acceptors (Lipinski definition) is 5. The predicted molar refractivity (Wildman–Crippen MR) is 80.5 cm³/mol. The summed E-state index contributed by atoms with van der Waals surface area (Å²) in [6.45, 7) is 0. The molecule has 0 bridgehead atoms. The van der Waals surface area contributed by atoms with Crippen LogP contribution in [-0.2, 0) is 9.84 Å². The number of hydrogen-bond donors (Lipinski definition) is 1. The second-order valence-corrected chi connectivity index (χ2v) is 8.15. The number of thiazole rings is 1. The molecule has 21 heavy (non-hydrogen) atoms. The van der Waals surface area contributed by atoms with Crippen LogP contribution in [0.4, 0.5) is 0 Å². The molecule has 1 unspecified atom stereocenters. The number of sulfone groups is 1. The van der Waals surface area contributed by atoms with Gasteiger partial charge >= 0.3 is 5.97 Å². The van der Waals surface area contributed by atoms with Gasteiger partial charge in [0.15, 0.2) is 9.84 Å². The maximum Gasteiger partial charge on any atom is 0.335 e. The van der Waals surface area contributed by atoms with Crippen LogP contribution in [0.3, 0.4) is 0 Å². The van der Waals surface area contributed by atoms with Crippen LogP contribution >= 0.6 is 11.3 Å². The van der Waals surface area contributed by atoms with E-state index in [9.17, 15) is 13.2 Å². The van der Waals surface area contributed by atoms with E-state index in [0.717, 1.165) is 16.3 Å². The third kappa shape index (κ3) is 2.98. The molecule has 0 amide bonds. The Morgan fingerprint density at radius 3 is 2.86 bits per heavy atom. The summed E-state index contributed by atoms with van der Waals surface area (Å²) in [6, 6.07) is 6.60. The number of carboxylic acids is 1. The van der Waals surface area contributed by atoms with Crippen LogP contribution in [-0.4, -0.2) is 36.0 Å². The summed E-state index contributed by atoms with van der Waals surface area (Å²) in [7, 11) is -2.93. The summed E-state index contributed by atoms with van der Waals surface area (Å²) in [5.74, 6) is -0.636. The van der Waals surface area contributed by atoms with Gasteiger partial charge in [-0.05, 0) is 18.6 Å². The van der Waals surface area contributed by atoms with Gasteiger partial charge in [0.25, 0.3) is 0 Å². The van der Waals surface area contributed by atoms with Crippen LogP contribution < -0.4 is 0 Å². The fourth-order valence-corrected chi connectivity index (χ4v) is 5.08. The molecule has 2 aromatic rings. The van der Waals surface area contributed by atoms with Gasteiger partial charge in [0.05, 0.1) is 22.8 Å². The van der Waals surface area contributed by atoms with Crippen LogP contribution in [0, 0.1) is 0 Å². The minimum atomic E-state index is -2.93. The van der Waals surface area contributed by atoms with Crippen molar-refractivity contribution in [2.45, 2.75) is 12.3 Å². The van der Waals surface area contributed by atoms with E-state index in [-0.39, 0.29) is 23.0 Å². The summed E-state index contributed by atoms with van der Waals surface area (Å²) < 4.78 is 23.0. The lowest BCUT2D eigenvalue weighted by molar-refractivity contribution is 0.0697. The number of nitrogens with zero attached hydrogens (tertiary/aromatic N) is 1. The summed E-state index contributed by atoms with van der Waals surface area (Å²) in [5, 5.41) is 11.6. The molecule has 0 spiro atoms. The SMILES string of the molecule is O=C(O)c1cccc(-c2nc(C3CCS(=O)(=O)C3)cs2)c1. The van der Waals surface area contributed by atoms with E-state index in [0.29, 0.717) is 6.42 Å². The Kier molecular flexibility index (Phi) is 3.54. The highest BCUT2D eigenvalue weighted by Gasteiger charge is 2.30. The van der Waals surface area contributed by atoms with E-state index in [1.165, 1.54) is 17.4 Å². The molecule has 110 valence electrons. The summed E-state index contributed by atoms with van der Waals surface area (Å²) in [5.41, 5.74) is 1.75. The van der Waals surface area contributed by atoms with Gasteiger partial charge in [-0.2, -0.15) is 0 Å². The van der Waals surface area contributed by atoms with Crippen molar-refractivity contribution in [2.75, 3.05) is 11.5 Å². The lowest BCUT2D eigenvalue weighted by atomic mass is 10.1. The maximum absolute atomic E-state index is 11.5. The number of benzene rings is 1. The van der Waals surface area contributed by atoms with Crippen molar-refractivity contribution >= 4 is 27.1 Å². The molecule has 1 atom stereocenters. The lowest BCUT2D eigenvalue weighted by Crippen LogP contribution is -2.04. The van der Waals surface area contributed by atoms with Gasteiger partial charge in [-0.3, -0.25) is 0 Å². The standard InChI is InChI=1S/C14H13NO4S2/c16-14(17)10-3-1-2-9(6-10)13-15-12(7-20-13)11-4-5-21(18,19)8-11/h1-3,6-7,11H,4-5,8H2,(H,16,17). The highest BCUT2D eigenvalue weighted by molar-refractivity contribution is 7.91. The highest BCUT2D eigenvalue weighted by atomic mass is 32.2. The number of aromatic carboxylic acids is 1. The van der Waals surface area contributed by atoms with E-state index < -0.39 is 15.8 Å². The molecule has 0 radical (unpaired) electrons. The van der Waals surface area contributed by atoms with Crippen molar-refractivity contribution in [3.8, 4) is 10.6 Å². The van der Waals surface area contributed by atoms with Gasteiger partial charge in [-0.25, -0.2) is 18.2 Å². The zero-order valence-corrected chi connectivity index (χ0v) is 12.7. The average Bonchev–Trinajstić information content (AvgIpc) is 3.05. The molecular formula is C14H13NO4S2. The number of rotatable bonds is 3. The fraction of sp³-hybridized carbons (Fsp3) is 0.286. The summed E-state index contributed by atoms with van der Waals surface area (Å²) >= 11 is 1.41. The van der Waals surface area contributed by atoms with E-state index in [4.69, 9.17) is 5.11 Å². The molecule has 1 aliphatic rings. The Balaban J connectivity index is 1.89. The van der Waals surface area contributed by atoms with Crippen LogP contribution in [0.1, 0.15) is 28.4 Å². The van der Waals surface area contributed by atoms with Crippen molar-refractivity contribution in [1.82, 2.24) is 4.98 Å². The van der Waals surface area contributed by atoms with Crippen molar-refractivity contribution in [3.05, 3.63) is 40.9 Å². The molecule has 1 aromatic heterocycles. The van der Waals surface area contributed by atoms with Gasteiger partial charge in [0.1, 0.15) is 5.01 Å². The Bertz CT molecular complexity index is 795. The van der Waals surface area contributed by atoms with Crippen molar-refractivity contribution in [3.63, 3.8) is 0 Å². The number of carbonyl (C=O) groups is 1. The Morgan fingerprint density at radius 2 is 2.19 bits per heavy atom. The van der Waals surface area contributed by atoms with Gasteiger partial charge in [0.2, 0.25) is 0 Å². The molecule has 2 heterocycles.